The van der Waals surface area contributed by atoms with Gasteiger partial charge in [0.1, 0.15) is 11.6 Å². The molecule has 3 atom stereocenters. The molecule has 2 N–H and O–H groups in total. The Morgan fingerprint density at radius 1 is 0.855 bits per heavy atom. The molecule has 322 valence electrons. The van der Waals surface area contributed by atoms with Crippen molar-refractivity contribution in [1.29, 1.82) is 0 Å². The van der Waals surface area contributed by atoms with Gasteiger partial charge in [-0.15, -0.1) is 0 Å². The van der Waals surface area contributed by atoms with Gasteiger partial charge in [0, 0.05) is 85.8 Å². The maximum absolute atomic E-state index is 15.2. The van der Waals surface area contributed by atoms with E-state index in [-0.39, 0.29) is 29.7 Å². The highest BCUT2D eigenvalue weighted by Crippen LogP contribution is 2.45. The molecular formula is C46H50F2N10O4. The number of rotatable bonds is 4. The summed E-state index contributed by atoms with van der Waals surface area (Å²) < 4.78 is 40.8. The highest BCUT2D eigenvalue weighted by molar-refractivity contribution is 6.05. The number of anilines is 3. The van der Waals surface area contributed by atoms with Gasteiger partial charge in [0.25, 0.3) is 5.91 Å². The number of likely N-dealkylation sites (tertiary alicyclic amines) is 1. The first-order valence-electron chi connectivity index (χ1n) is 22.0. The zero-order chi connectivity index (χ0) is 42.4. The number of fused-ring (bicyclic) bond motifs is 9. The molecule has 14 nitrogen and oxygen atoms in total. The molecule has 16 heteroatoms. The van der Waals surface area contributed by atoms with E-state index in [0.717, 1.165) is 92.8 Å². The predicted molar refractivity (Wildman–Crippen MR) is 228 cm³/mol. The summed E-state index contributed by atoms with van der Waals surface area (Å²) >= 11 is 0. The number of imidazole rings is 1. The standard InChI is InChI=1S/C46H50F2N10O4/c1-26-13-29-15-38(50-26)34-19-49-54(2)44(34)62-23-28-4-3-27(14-28)20-58-39-18-30(5-7-37(39)51-45(58)53-42(29)60)57-24-46(25-57)9-11-55(12-10-46)32-21-56(22-32)31-16-35(47)41(36(48)17-31)33-6-8-40(59)52-43(33)61/h5,7,13,15-19,27-28,32-33H,3-4,6,8-12,14,20-25H2,1-2H3,(H,51,53,60)(H,52,59,61)/t27-,28+,33-/m1/s1. The summed E-state index contributed by atoms with van der Waals surface area (Å²) in [6, 6.07) is 13.0. The number of amides is 3. The van der Waals surface area contributed by atoms with E-state index in [1.165, 1.54) is 12.1 Å². The number of carbonyl (C=O) groups is 3. The van der Waals surface area contributed by atoms with E-state index in [9.17, 15) is 14.4 Å². The van der Waals surface area contributed by atoms with Gasteiger partial charge in [-0.1, -0.05) is 0 Å². The molecule has 0 radical (unpaired) electrons. The number of carbonyl (C=O) groups excluding carboxylic acids is 3. The zero-order valence-corrected chi connectivity index (χ0v) is 35.0. The first-order chi connectivity index (χ1) is 30.0. The van der Waals surface area contributed by atoms with Crippen LogP contribution < -0.4 is 25.2 Å². The van der Waals surface area contributed by atoms with Crippen molar-refractivity contribution in [3.8, 4) is 17.1 Å². The Kier molecular flexibility index (Phi) is 9.36. The first-order valence-corrected chi connectivity index (χ1v) is 22.0. The number of imide groups is 1. The van der Waals surface area contributed by atoms with Crippen LogP contribution in [0.1, 0.15) is 72.5 Å². The fourth-order valence-corrected chi connectivity index (χ4v) is 11.0. The lowest BCUT2D eigenvalue weighted by Gasteiger charge is -2.57. The van der Waals surface area contributed by atoms with Crippen molar-refractivity contribution in [2.45, 2.75) is 70.4 Å². The number of halogens is 2. The Balaban J connectivity index is 0.756. The Labute approximate surface area is 357 Å². The van der Waals surface area contributed by atoms with Crippen LogP contribution in [0.15, 0.2) is 48.7 Å². The molecule has 3 amide bonds. The number of aromatic nitrogens is 5. The fourth-order valence-electron chi connectivity index (χ4n) is 11.0. The molecule has 4 saturated heterocycles. The van der Waals surface area contributed by atoms with Crippen molar-refractivity contribution in [3.63, 3.8) is 0 Å². The number of piperidine rings is 2. The van der Waals surface area contributed by atoms with Gasteiger partial charge < -0.3 is 19.1 Å². The van der Waals surface area contributed by atoms with E-state index in [1.807, 2.05) is 18.9 Å². The molecule has 5 fully saturated rings. The van der Waals surface area contributed by atoms with Gasteiger partial charge in [0.05, 0.1) is 41.0 Å². The van der Waals surface area contributed by atoms with Crippen molar-refractivity contribution < 1.29 is 27.9 Å². The van der Waals surface area contributed by atoms with Crippen LogP contribution in [0, 0.1) is 35.8 Å². The summed E-state index contributed by atoms with van der Waals surface area (Å²) in [5, 5.41) is 9.83. The summed E-state index contributed by atoms with van der Waals surface area (Å²) in [6.07, 6.45) is 7.25. The van der Waals surface area contributed by atoms with Crippen molar-refractivity contribution in [2.24, 2.45) is 24.3 Å². The Morgan fingerprint density at radius 3 is 2.40 bits per heavy atom. The molecule has 4 bridgehead atoms. The number of hydrogen-bond donors (Lipinski definition) is 2. The third-order valence-electron chi connectivity index (χ3n) is 14.6. The number of ether oxygens (including phenoxy) is 1. The lowest BCUT2D eigenvalue weighted by Crippen LogP contribution is -2.65. The monoisotopic (exact) mass is 844 g/mol. The minimum atomic E-state index is -1.00. The quantitative estimate of drug-likeness (QED) is 0.214. The number of nitrogens with one attached hydrogen (secondary N) is 2. The number of nitrogens with zero attached hydrogens (tertiary/aromatic N) is 8. The van der Waals surface area contributed by atoms with Crippen LogP contribution in [-0.2, 0) is 23.2 Å². The van der Waals surface area contributed by atoms with Gasteiger partial charge in [-0.25, -0.2) is 18.4 Å². The highest BCUT2D eigenvalue weighted by Gasteiger charge is 2.47. The fraction of sp³-hybridized carbons (Fsp3) is 0.478. The number of aryl methyl sites for hydroxylation is 2. The largest absolute Gasteiger partial charge is 0.477 e. The van der Waals surface area contributed by atoms with Gasteiger partial charge in [-0.05, 0) is 113 Å². The molecule has 0 unspecified atom stereocenters. The molecular weight excluding hydrogens is 795 g/mol. The molecule has 5 aromatic rings. The third kappa shape index (κ3) is 6.86. The predicted octanol–water partition coefficient (Wildman–Crippen LogP) is 5.79. The molecule has 5 aliphatic heterocycles. The van der Waals surface area contributed by atoms with Crippen molar-refractivity contribution in [3.05, 3.63) is 77.1 Å². The SMILES string of the molecule is Cc1cc2cc(n1)-c1cnn(C)c1OC[C@H]1CC[C@H](C1)Cn1c(nc3ccc(N4CC5(CCN(C6CN(c7cc(F)c([C@H]8CCC(=O)NC8=O)c(F)c7)C6)CC5)C4)cc31)NC2=O. The third-order valence-corrected chi connectivity index (χ3v) is 14.6. The summed E-state index contributed by atoms with van der Waals surface area (Å²) in [7, 11) is 1.87. The topological polar surface area (TPSA) is 143 Å². The van der Waals surface area contributed by atoms with E-state index in [0.29, 0.717) is 66.3 Å². The van der Waals surface area contributed by atoms with E-state index < -0.39 is 29.4 Å². The Bertz CT molecular complexity index is 2620. The average molecular weight is 845 g/mol. The molecule has 3 aromatic heterocycles. The maximum Gasteiger partial charge on any atom is 0.258 e. The van der Waals surface area contributed by atoms with Gasteiger partial charge in [0.15, 0.2) is 0 Å². The zero-order valence-electron chi connectivity index (χ0n) is 35.0. The molecule has 1 spiro atoms. The molecule has 2 aromatic carbocycles. The van der Waals surface area contributed by atoms with Crippen LogP contribution in [0.25, 0.3) is 22.3 Å². The normalized spacial score (nSPS) is 24.1. The number of hydrogen-bond acceptors (Lipinski definition) is 10. The maximum atomic E-state index is 15.2. The smallest absolute Gasteiger partial charge is 0.258 e. The second-order valence-electron chi connectivity index (χ2n) is 18.7. The van der Waals surface area contributed by atoms with Gasteiger partial charge in [-0.2, -0.15) is 5.10 Å². The summed E-state index contributed by atoms with van der Waals surface area (Å²) in [5.41, 5.74) is 6.12. The number of benzene rings is 2. The van der Waals surface area contributed by atoms with Crippen LogP contribution in [0.5, 0.6) is 5.88 Å². The Hall–Kier alpha value is -5.90. The lowest BCUT2D eigenvalue weighted by molar-refractivity contribution is -0.134. The van der Waals surface area contributed by atoms with Crippen molar-refractivity contribution in [1.82, 2.24) is 34.5 Å². The molecule has 1 aliphatic carbocycles. The van der Waals surface area contributed by atoms with Crippen LogP contribution >= 0.6 is 0 Å². The van der Waals surface area contributed by atoms with E-state index in [1.54, 1.807) is 23.0 Å². The molecule has 1 saturated carbocycles. The van der Waals surface area contributed by atoms with Crippen LogP contribution in [-0.4, -0.2) is 98.9 Å². The molecule has 8 heterocycles. The first kappa shape index (κ1) is 39.0. The van der Waals surface area contributed by atoms with Crippen molar-refractivity contribution in [2.75, 3.05) is 61.0 Å². The van der Waals surface area contributed by atoms with Crippen LogP contribution in [0.4, 0.5) is 26.1 Å². The van der Waals surface area contributed by atoms with E-state index in [4.69, 9.17) is 14.7 Å². The minimum absolute atomic E-state index is 0.0628. The van der Waals surface area contributed by atoms with Crippen molar-refractivity contribution >= 4 is 46.1 Å². The number of pyridine rings is 1. The van der Waals surface area contributed by atoms with Crippen LogP contribution in [0.2, 0.25) is 0 Å². The van der Waals surface area contributed by atoms with E-state index in [2.05, 4.69) is 48.3 Å². The highest BCUT2D eigenvalue weighted by atomic mass is 19.1. The molecule has 62 heavy (non-hydrogen) atoms. The van der Waals surface area contributed by atoms with Gasteiger partial charge in [-0.3, -0.25) is 34.9 Å². The summed E-state index contributed by atoms with van der Waals surface area (Å²) in [6.45, 7) is 8.53. The van der Waals surface area contributed by atoms with E-state index >= 15 is 8.78 Å². The minimum Gasteiger partial charge on any atom is -0.477 e. The molecule has 6 aliphatic rings. The lowest BCUT2D eigenvalue weighted by atomic mass is 9.71. The molecule has 11 rings (SSSR count). The summed E-state index contributed by atoms with van der Waals surface area (Å²) in [4.78, 5) is 54.5. The Morgan fingerprint density at radius 2 is 1.63 bits per heavy atom. The second kappa shape index (κ2) is 14.9. The van der Waals surface area contributed by atoms with Crippen LogP contribution in [0.3, 0.4) is 0 Å². The van der Waals surface area contributed by atoms with Gasteiger partial charge in [0.2, 0.25) is 23.6 Å². The van der Waals surface area contributed by atoms with Gasteiger partial charge >= 0.3 is 0 Å². The average Bonchev–Trinajstić information content (AvgIpc) is 3.92. The summed E-state index contributed by atoms with van der Waals surface area (Å²) in [5.74, 6) is -1.77. The second-order valence-corrected chi connectivity index (χ2v) is 18.7.